The molecule has 6 heteroatoms. The van der Waals surface area contributed by atoms with Crippen molar-refractivity contribution in [3.8, 4) is 0 Å². The predicted molar refractivity (Wildman–Crippen MR) is 107 cm³/mol. The van der Waals surface area contributed by atoms with Gasteiger partial charge in [-0.1, -0.05) is 13.8 Å². The normalized spacial score (nSPS) is 27.6. The number of nitrogens with zero attached hydrogens (tertiary/aromatic N) is 3. The van der Waals surface area contributed by atoms with Gasteiger partial charge in [0.2, 0.25) is 5.91 Å². The van der Waals surface area contributed by atoms with Crippen LogP contribution in [-0.4, -0.2) is 72.3 Å². The SMILES string of the molecule is CCN1CC[C@@]2(CN(CC(C)C)CC23CCN(C(=O)c2ccoc2)CC3)C1=O. The van der Waals surface area contributed by atoms with Gasteiger partial charge in [0.1, 0.15) is 6.26 Å². The van der Waals surface area contributed by atoms with E-state index in [2.05, 4.69) is 25.7 Å². The highest BCUT2D eigenvalue weighted by molar-refractivity contribution is 5.94. The molecule has 3 aliphatic heterocycles. The lowest BCUT2D eigenvalue weighted by Crippen LogP contribution is -2.53. The Kier molecular flexibility index (Phi) is 5.02. The first-order valence-corrected chi connectivity index (χ1v) is 10.7. The number of rotatable bonds is 4. The molecule has 0 aliphatic carbocycles. The van der Waals surface area contributed by atoms with Crippen molar-refractivity contribution in [2.45, 2.75) is 40.0 Å². The first kappa shape index (κ1) is 19.5. The maximum Gasteiger partial charge on any atom is 0.257 e. The number of hydrogen-bond acceptors (Lipinski definition) is 4. The maximum atomic E-state index is 13.5. The highest BCUT2D eigenvalue weighted by Crippen LogP contribution is 2.57. The number of carbonyl (C=O) groups is 2. The van der Waals surface area contributed by atoms with Crippen LogP contribution in [0.25, 0.3) is 0 Å². The second kappa shape index (κ2) is 7.21. The molecule has 0 N–H and O–H groups in total. The fourth-order valence-corrected chi connectivity index (χ4v) is 5.95. The lowest BCUT2D eigenvalue weighted by atomic mass is 9.60. The molecule has 6 nitrogen and oxygen atoms in total. The summed E-state index contributed by atoms with van der Waals surface area (Å²) >= 11 is 0. The smallest absolute Gasteiger partial charge is 0.257 e. The number of amides is 2. The molecule has 154 valence electrons. The van der Waals surface area contributed by atoms with Crippen molar-refractivity contribution in [3.63, 3.8) is 0 Å². The Bertz CT molecular complexity index is 721. The highest BCUT2D eigenvalue weighted by atomic mass is 16.3. The van der Waals surface area contributed by atoms with Gasteiger partial charge < -0.3 is 19.1 Å². The average molecular weight is 388 g/mol. The van der Waals surface area contributed by atoms with Crippen molar-refractivity contribution in [2.24, 2.45) is 16.7 Å². The minimum Gasteiger partial charge on any atom is -0.472 e. The van der Waals surface area contributed by atoms with E-state index in [9.17, 15) is 9.59 Å². The first-order chi connectivity index (χ1) is 13.4. The monoisotopic (exact) mass is 387 g/mol. The third kappa shape index (κ3) is 2.97. The molecule has 0 bridgehead atoms. The molecule has 4 rings (SSSR count). The molecule has 1 aromatic heterocycles. The van der Waals surface area contributed by atoms with E-state index in [-0.39, 0.29) is 16.7 Å². The summed E-state index contributed by atoms with van der Waals surface area (Å²) in [6.45, 7) is 12.6. The van der Waals surface area contributed by atoms with Gasteiger partial charge in [0.05, 0.1) is 17.2 Å². The molecule has 1 atom stereocenters. The van der Waals surface area contributed by atoms with E-state index in [1.165, 1.54) is 6.26 Å². The summed E-state index contributed by atoms with van der Waals surface area (Å²) in [6, 6.07) is 1.73. The Morgan fingerprint density at radius 1 is 1.18 bits per heavy atom. The van der Waals surface area contributed by atoms with Crippen LogP contribution in [0.3, 0.4) is 0 Å². The van der Waals surface area contributed by atoms with Crippen molar-refractivity contribution >= 4 is 11.8 Å². The van der Waals surface area contributed by atoms with Gasteiger partial charge in [0, 0.05) is 51.2 Å². The van der Waals surface area contributed by atoms with Crippen LogP contribution in [0.1, 0.15) is 50.4 Å². The summed E-state index contributed by atoms with van der Waals surface area (Å²) < 4.78 is 5.08. The van der Waals surface area contributed by atoms with Crippen molar-refractivity contribution < 1.29 is 14.0 Å². The lowest BCUT2D eigenvalue weighted by molar-refractivity contribution is -0.141. The van der Waals surface area contributed by atoms with Crippen molar-refractivity contribution in [1.82, 2.24) is 14.7 Å². The molecule has 3 fully saturated rings. The molecule has 1 aromatic rings. The van der Waals surface area contributed by atoms with Crippen LogP contribution in [0.2, 0.25) is 0 Å². The minimum absolute atomic E-state index is 0.00390. The molecule has 3 saturated heterocycles. The Balaban J connectivity index is 1.56. The van der Waals surface area contributed by atoms with Gasteiger partial charge in [-0.15, -0.1) is 0 Å². The number of piperidine rings is 1. The van der Waals surface area contributed by atoms with Crippen LogP contribution in [0.15, 0.2) is 23.0 Å². The molecule has 0 radical (unpaired) electrons. The van der Waals surface area contributed by atoms with E-state index in [4.69, 9.17) is 4.42 Å². The third-order valence-corrected chi connectivity index (χ3v) is 7.32. The molecule has 0 unspecified atom stereocenters. The summed E-state index contributed by atoms with van der Waals surface area (Å²) in [5.41, 5.74) is 0.353. The Labute approximate surface area is 167 Å². The second-order valence-electron chi connectivity index (χ2n) is 9.36. The second-order valence-corrected chi connectivity index (χ2v) is 9.36. The summed E-state index contributed by atoms with van der Waals surface area (Å²) in [5.74, 6) is 0.993. The van der Waals surface area contributed by atoms with Gasteiger partial charge >= 0.3 is 0 Å². The molecule has 2 spiro atoms. The Morgan fingerprint density at radius 2 is 1.93 bits per heavy atom. The zero-order valence-corrected chi connectivity index (χ0v) is 17.4. The number of furan rings is 1. The van der Waals surface area contributed by atoms with E-state index in [1.54, 1.807) is 12.3 Å². The third-order valence-electron chi connectivity index (χ3n) is 7.32. The Morgan fingerprint density at radius 3 is 2.50 bits per heavy atom. The predicted octanol–water partition coefficient (Wildman–Crippen LogP) is 2.71. The summed E-state index contributed by atoms with van der Waals surface area (Å²) in [7, 11) is 0. The van der Waals surface area contributed by atoms with Gasteiger partial charge in [0.15, 0.2) is 0 Å². The van der Waals surface area contributed by atoms with Crippen LogP contribution >= 0.6 is 0 Å². The Hall–Kier alpha value is -1.82. The summed E-state index contributed by atoms with van der Waals surface area (Å²) in [6.07, 6.45) is 5.85. The van der Waals surface area contributed by atoms with E-state index >= 15 is 0 Å². The van der Waals surface area contributed by atoms with Crippen molar-refractivity contribution in [1.29, 1.82) is 0 Å². The molecule has 28 heavy (non-hydrogen) atoms. The van der Waals surface area contributed by atoms with Gasteiger partial charge in [-0.2, -0.15) is 0 Å². The van der Waals surface area contributed by atoms with E-state index in [0.29, 0.717) is 17.4 Å². The van der Waals surface area contributed by atoms with Crippen LogP contribution in [-0.2, 0) is 4.79 Å². The number of carbonyl (C=O) groups excluding carboxylic acids is 2. The zero-order valence-electron chi connectivity index (χ0n) is 17.4. The molecule has 0 saturated carbocycles. The van der Waals surface area contributed by atoms with E-state index in [0.717, 1.165) is 65.1 Å². The summed E-state index contributed by atoms with van der Waals surface area (Å²) in [5, 5.41) is 0. The number of fused-ring (bicyclic) bond motifs is 1. The highest BCUT2D eigenvalue weighted by Gasteiger charge is 2.64. The average Bonchev–Trinajstić information content (AvgIpc) is 3.37. The maximum absolute atomic E-state index is 13.5. The van der Waals surface area contributed by atoms with Crippen molar-refractivity contribution in [2.75, 3.05) is 45.8 Å². The standard InChI is InChI=1S/C22H33N3O3/c1-4-24-11-8-22(20(24)27)16-23(13-17(2)3)15-21(22)6-9-25(10-7-21)19(26)18-5-12-28-14-18/h5,12,14,17H,4,6-11,13,15-16H2,1-3H3/t22-/m1/s1. The van der Waals surface area contributed by atoms with E-state index < -0.39 is 0 Å². The number of likely N-dealkylation sites (tertiary alicyclic amines) is 3. The van der Waals surface area contributed by atoms with Gasteiger partial charge in [0.25, 0.3) is 5.91 Å². The van der Waals surface area contributed by atoms with Crippen LogP contribution < -0.4 is 0 Å². The van der Waals surface area contributed by atoms with Gasteiger partial charge in [-0.3, -0.25) is 9.59 Å². The molecule has 3 aliphatic rings. The number of hydrogen-bond donors (Lipinski definition) is 0. The van der Waals surface area contributed by atoms with Crippen LogP contribution in [0.4, 0.5) is 0 Å². The van der Waals surface area contributed by atoms with Gasteiger partial charge in [-0.05, 0) is 38.2 Å². The molecular weight excluding hydrogens is 354 g/mol. The first-order valence-electron chi connectivity index (χ1n) is 10.7. The van der Waals surface area contributed by atoms with Crippen LogP contribution in [0.5, 0.6) is 0 Å². The molecule has 0 aromatic carbocycles. The molecule has 4 heterocycles. The summed E-state index contributed by atoms with van der Waals surface area (Å²) in [4.78, 5) is 32.7. The topological polar surface area (TPSA) is 57.0 Å². The largest absolute Gasteiger partial charge is 0.472 e. The lowest BCUT2D eigenvalue weighted by Gasteiger charge is -2.47. The van der Waals surface area contributed by atoms with Crippen molar-refractivity contribution in [3.05, 3.63) is 24.2 Å². The molecule has 2 amide bonds. The molecular formula is C22H33N3O3. The fourth-order valence-electron chi connectivity index (χ4n) is 5.95. The minimum atomic E-state index is -0.261. The fraction of sp³-hybridized carbons (Fsp3) is 0.727. The van der Waals surface area contributed by atoms with E-state index in [1.807, 2.05) is 9.80 Å². The van der Waals surface area contributed by atoms with Crippen LogP contribution in [0, 0.1) is 16.7 Å². The quantitative estimate of drug-likeness (QED) is 0.797. The van der Waals surface area contributed by atoms with Gasteiger partial charge in [-0.25, -0.2) is 0 Å². The zero-order chi connectivity index (χ0) is 19.9.